The number of nitrogens with zero attached hydrogens (tertiary/aromatic N) is 4. The zero-order valence-electron chi connectivity index (χ0n) is 19.7. The topological polar surface area (TPSA) is 56.3 Å². The van der Waals surface area contributed by atoms with Crippen LogP contribution in [-0.2, 0) is 4.79 Å². The number of ether oxygens (including phenoxy) is 1. The maximum atomic E-state index is 13.3. The van der Waals surface area contributed by atoms with Gasteiger partial charge in [0.15, 0.2) is 0 Å². The fraction of sp³-hybridized carbons (Fsp3) is 0.680. The quantitative estimate of drug-likeness (QED) is 0.677. The van der Waals surface area contributed by atoms with Crippen LogP contribution in [0.4, 0.5) is 0 Å². The van der Waals surface area contributed by atoms with E-state index in [1.54, 1.807) is 19.2 Å². The number of hydrogen-bond donors (Lipinski definition) is 0. The van der Waals surface area contributed by atoms with Gasteiger partial charge in [0.1, 0.15) is 12.3 Å². The van der Waals surface area contributed by atoms with Gasteiger partial charge in [0.05, 0.1) is 7.11 Å². The maximum absolute atomic E-state index is 13.3. The number of carbonyl (C=O) groups is 2. The lowest BCUT2D eigenvalue weighted by Crippen LogP contribution is -2.56. The van der Waals surface area contributed by atoms with E-state index in [2.05, 4.69) is 16.8 Å². The van der Waals surface area contributed by atoms with E-state index >= 15 is 0 Å². The van der Waals surface area contributed by atoms with Crippen molar-refractivity contribution in [3.8, 4) is 5.75 Å². The molecule has 0 spiro atoms. The first-order valence-electron chi connectivity index (χ1n) is 12.2. The minimum Gasteiger partial charge on any atom is -0.497 e. The zero-order chi connectivity index (χ0) is 22.5. The number of likely N-dealkylation sites (tertiary alicyclic amines) is 1. The Bertz CT molecular complexity index is 762. The minimum atomic E-state index is -0.0436. The fourth-order valence-electron chi connectivity index (χ4n) is 5.42. The van der Waals surface area contributed by atoms with Crippen molar-refractivity contribution in [2.75, 3.05) is 60.0 Å². The van der Waals surface area contributed by atoms with Crippen molar-refractivity contribution in [3.63, 3.8) is 0 Å². The molecule has 7 nitrogen and oxygen atoms in total. The van der Waals surface area contributed by atoms with Crippen LogP contribution in [0.25, 0.3) is 0 Å². The van der Waals surface area contributed by atoms with Gasteiger partial charge in [-0.05, 0) is 70.1 Å². The second-order valence-electron chi connectivity index (χ2n) is 9.55. The first-order valence-corrected chi connectivity index (χ1v) is 12.2. The van der Waals surface area contributed by atoms with Crippen molar-refractivity contribution < 1.29 is 14.3 Å². The molecule has 1 aliphatic carbocycles. The van der Waals surface area contributed by atoms with Crippen LogP contribution in [0.15, 0.2) is 24.3 Å². The van der Waals surface area contributed by atoms with Crippen LogP contribution in [-0.4, -0.2) is 103 Å². The molecule has 3 aliphatic rings. The minimum absolute atomic E-state index is 0.0436. The third-order valence-corrected chi connectivity index (χ3v) is 7.54. The Morgan fingerprint density at radius 3 is 2.16 bits per heavy atom. The van der Waals surface area contributed by atoms with Gasteiger partial charge in [-0.3, -0.25) is 14.5 Å². The maximum Gasteiger partial charge on any atom is 0.254 e. The Morgan fingerprint density at radius 2 is 1.56 bits per heavy atom. The fourth-order valence-corrected chi connectivity index (χ4v) is 5.42. The molecule has 7 heteroatoms. The molecule has 0 N–H and O–H groups in total. The monoisotopic (exact) mass is 442 g/mol. The molecule has 1 aromatic carbocycles. The Labute approximate surface area is 192 Å². The summed E-state index contributed by atoms with van der Waals surface area (Å²) in [5.41, 5.74) is 0.623. The molecule has 0 aromatic heterocycles. The highest BCUT2D eigenvalue weighted by Crippen LogP contribution is 2.26. The van der Waals surface area contributed by atoms with Gasteiger partial charge in [-0.15, -0.1) is 0 Å². The Balaban J connectivity index is 1.35. The molecule has 4 rings (SSSR count). The van der Waals surface area contributed by atoms with Gasteiger partial charge >= 0.3 is 0 Å². The van der Waals surface area contributed by atoms with E-state index in [1.165, 1.54) is 12.8 Å². The molecule has 32 heavy (non-hydrogen) atoms. The van der Waals surface area contributed by atoms with Crippen LogP contribution in [0.1, 0.15) is 48.9 Å². The molecule has 2 heterocycles. The molecule has 2 saturated heterocycles. The van der Waals surface area contributed by atoms with Crippen LogP contribution >= 0.6 is 0 Å². The number of benzene rings is 1. The van der Waals surface area contributed by atoms with Gasteiger partial charge in [-0.25, -0.2) is 0 Å². The van der Waals surface area contributed by atoms with Gasteiger partial charge in [0.2, 0.25) is 5.91 Å². The molecule has 176 valence electrons. The van der Waals surface area contributed by atoms with Crippen LogP contribution in [0.5, 0.6) is 5.75 Å². The van der Waals surface area contributed by atoms with E-state index in [-0.39, 0.29) is 24.4 Å². The van der Waals surface area contributed by atoms with E-state index in [4.69, 9.17) is 4.74 Å². The van der Waals surface area contributed by atoms with Crippen LogP contribution in [0.3, 0.4) is 0 Å². The SMILES string of the molecule is COc1ccc(C(=O)N(CC(=O)N2CCN(C3CCN(C)CC3)CC2)C2CCCC2)cc1. The first-order chi connectivity index (χ1) is 15.5. The van der Waals surface area contributed by atoms with Crippen molar-refractivity contribution in [1.29, 1.82) is 0 Å². The Morgan fingerprint density at radius 1 is 0.938 bits per heavy atom. The second-order valence-corrected chi connectivity index (χ2v) is 9.55. The predicted molar refractivity (Wildman–Crippen MR) is 125 cm³/mol. The van der Waals surface area contributed by atoms with Gasteiger partial charge in [-0.2, -0.15) is 0 Å². The van der Waals surface area contributed by atoms with E-state index in [1.807, 2.05) is 21.9 Å². The summed E-state index contributed by atoms with van der Waals surface area (Å²) in [5.74, 6) is 0.771. The van der Waals surface area contributed by atoms with Crippen LogP contribution < -0.4 is 4.74 Å². The molecule has 2 amide bonds. The second kappa shape index (κ2) is 10.7. The third kappa shape index (κ3) is 5.44. The number of rotatable bonds is 6. The van der Waals surface area contributed by atoms with E-state index in [9.17, 15) is 9.59 Å². The molecular weight excluding hydrogens is 404 g/mol. The molecule has 3 fully saturated rings. The highest BCUT2D eigenvalue weighted by atomic mass is 16.5. The van der Waals surface area contributed by atoms with Crippen LogP contribution in [0, 0.1) is 0 Å². The number of amides is 2. The lowest BCUT2D eigenvalue weighted by Gasteiger charge is -2.42. The van der Waals surface area contributed by atoms with Crippen LogP contribution in [0.2, 0.25) is 0 Å². The molecular formula is C25H38N4O3. The molecule has 0 atom stereocenters. The highest BCUT2D eigenvalue weighted by molar-refractivity contribution is 5.97. The number of methoxy groups -OCH3 is 1. The summed E-state index contributed by atoms with van der Waals surface area (Å²) in [4.78, 5) is 35.3. The van der Waals surface area contributed by atoms with Crippen molar-refractivity contribution in [2.24, 2.45) is 0 Å². The summed E-state index contributed by atoms with van der Waals surface area (Å²) >= 11 is 0. The predicted octanol–water partition coefficient (Wildman–Crippen LogP) is 2.32. The zero-order valence-corrected chi connectivity index (χ0v) is 19.7. The highest BCUT2D eigenvalue weighted by Gasteiger charge is 2.32. The average molecular weight is 443 g/mol. The van der Waals surface area contributed by atoms with Gasteiger partial charge in [-0.1, -0.05) is 12.8 Å². The largest absolute Gasteiger partial charge is 0.497 e. The van der Waals surface area contributed by atoms with E-state index in [0.717, 1.165) is 70.7 Å². The molecule has 0 bridgehead atoms. The summed E-state index contributed by atoms with van der Waals surface area (Å²) < 4.78 is 5.22. The molecule has 1 aromatic rings. The summed E-state index contributed by atoms with van der Waals surface area (Å²) in [6.45, 7) is 5.91. The summed E-state index contributed by atoms with van der Waals surface area (Å²) in [6.07, 6.45) is 6.66. The van der Waals surface area contributed by atoms with Gasteiger partial charge in [0.25, 0.3) is 5.91 Å². The third-order valence-electron chi connectivity index (χ3n) is 7.54. The Hall–Kier alpha value is -2.12. The lowest BCUT2D eigenvalue weighted by molar-refractivity contribution is -0.134. The van der Waals surface area contributed by atoms with Crippen molar-refractivity contribution in [3.05, 3.63) is 29.8 Å². The summed E-state index contributed by atoms with van der Waals surface area (Å²) in [7, 11) is 3.81. The molecule has 0 unspecified atom stereocenters. The molecule has 0 radical (unpaired) electrons. The van der Waals surface area contributed by atoms with E-state index < -0.39 is 0 Å². The number of hydrogen-bond acceptors (Lipinski definition) is 5. The van der Waals surface area contributed by atoms with Gasteiger partial charge in [0, 0.05) is 43.8 Å². The molecule has 1 saturated carbocycles. The standard InChI is InChI=1S/C25H38N4O3/c1-26-13-11-21(12-14-26)27-15-17-28(18-16-27)24(30)19-29(22-5-3-4-6-22)25(31)20-7-9-23(32-2)10-8-20/h7-10,21-22H,3-6,11-19H2,1-2H3. The number of piperidine rings is 1. The normalized spacial score (nSPS) is 21.6. The number of piperazine rings is 1. The average Bonchev–Trinajstić information content (AvgIpc) is 3.37. The summed E-state index contributed by atoms with van der Waals surface area (Å²) in [5, 5.41) is 0. The smallest absolute Gasteiger partial charge is 0.254 e. The first kappa shape index (κ1) is 23.1. The van der Waals surface area contributed by atoms with Crippen molar-refractivity contribution in [1.82, 2.24) is 19.6 Å². The lowest BCUT2D eigenvalue weighted by atomic mass is 10.0. The van der Waals surface area contributed by atoms with E-state index in [0.29, 0.717) is 11.6 Å². The molecule has 2 aliphatic heterocycles. The number of carbonyl (C=O) groups excluding carboxylic acids is 2. The van der Waals surface area contributed by atoms with Gasteiger partial charge < -0.3 is 19.4 Å². The summed E-state index contributed by atoms with van der Waals surface area (Å²) in [6, 6.07) is 8.03. The van der Waals surface area contributed by atoms with Crippen molar-refractivity contribution >= 4 is 11.8 Å². The van der Waals surface area contributed by atoms with Crippen molar-refractivity contribution in [2.45, 2.75) is 50.6 Å². The Kier molecular flexibility index (Phi) is 7.68.